The summed E-state index contributed by atoms with van der Waals surface area (Å²) in [5.41, 5.74) is 2.30. The van der Waals surface area contributed by atoms with Crippen molar-refractivity contribution in [2.45, 2.75) is 26.3 Å². The highest BCUT2D eigenvalue weighted by Gasteiger charge is 1.99. The lowest BCUT2D eigenvalue weighted by molar-refractivity contribution is 0.587. The lowest BCUT2D eigenvalue weighted by Gasteiger charge is -2.05. The highest BCUT2D eigenvalue weighted by Crippen LogP contribution is 2.10. The Labute approximate surface area is 96.5 Å². The fraction of sp³-hybridized carbons (Fsp3) is 0.462. The zero-order chi connectivity index (χ0) is 11.2. The summed E-state index contributed by atoms with van der Waals surface area (Å²) in [6.07, 6.45) is 4.43. The van der Waals surface area contributed by atoms with Crippen LogP contribution < -0.4 is 5.32 Å². The molecule has 16 heavy (non-hydrogen) atoms. The van der Waals surface area contributed by atoms with Crippen LogP contribution in [0.4, 0.5) is 0 Å². The summed E-state index contributed by atoms with van der Waals surface area (Å²) in [7, 11) is 0. The molecule has 0 amide bonds. The van der Waals surface area contributed by atoms with Crippen molar-refractivity contribution in [1.29, 1.82) is 0 Å². The first-order valence-electron chi connectivity index (χ1n) is 6.02. The minimum atomic E-state index is 0.990. The molecular weight excluding hydrogens is 198 g/mol. The van der Waals surface area contributed by atoms with E-state index in [9.17, 15) is 0 Å². The van der Waals surface area contributed by atoms with Gasteiger partial charge in [-0.05, 0) is 25.1 Å². The molecule has 0 saturated carbocycles. The van der Waals surface area contributed by atoms with Crippen molar-refractivity contribution >= 4 is 11.0 Å². The molecule has 1 aromatic heterocycles. The highest BCUT2D eigenvalue weighted by molar-refractivity contribution is 5.74. The average Bonchev–Trinajstić information content (AvgIpc) is 2.73. The van der Waals surface area contributed by atoms with Crippen LogP contribution in [0.2, 0.25) is 0 Å². The normalized spacial score (nSPS) is 11.1. The van der Waals surface area contributed by atoms with Gasteiger partial charge in [0.25, 0.3) is 0 Å². The number of nitrogens with zero attached hydrogens (tertiary/aromatic N) is 2. The second-order valence-corrected chi connectivity index (χ2v) is 4.03. The molecule has 3 nitrogen and oxygen atoms in total. The number of hydrogen-bond acceptors (Lipinski definition) is 2. The van der Waals surface area contributed by atoms with Crippen LogP contribution in [-0.2, 0) is 6.54 Å². The van der Waals surface area contributed by atoms with Crippen molar-refractivity contribution in [1.82, 2.24) is 14.9 Å². The first-order valence-corrected chi connectivity index (χ1v) is 6.02. The smallest absolute Gasteiger partial charge is 0.0958 e. The molecule has 2 aromatic rings. The van der Waals surface area contributed by atoms with Crippen LogP contribution in [0, 0.1) is 0 Å². The molecule has 0 aliphatic rings. The highest BCUT2D eigenvalue weighted by atomic mass is 15.1. The molecule has 0 spiro atoms. The number of unbranched alkanes of at least 4 members (excludes halogenated alkanes) is 1. The maximum absolute atomic E-state index is 4.37. The summed E-state index contributed by atoms with van der Waals surface area (Å²) in [5, 5.41) is 3.44. The zero-order valence-electron chi connectivity index (χ0n) is 9.82. The Hall–Kier alpha value is -1.35. The number of fused-ring (bicyclic) bond motifs is 1. The predicted octanol–water partition coefficient (Wildman–Crippen LogP) is 2.43. The Morgan fingerprint density at radius 1 is 1.25 bits per heavy atom. The SMILES string of the molecule is CCCCNCCn1cnc2ccccc21. The summed E-state index contributed by atoms with van der Waals surface area (Å²) in [5.74, 6) is 0. The molecule has 0 atom stereocenters. The molecule has 1 N–H and O–H groups in total. The summed E-state index contributed by atoms with van der Waals surface area (Å²) >= 11 is 0. The van der Waals surface area contributed by atoms with Gasteiger partial charge in [0.15, 0.2) is 0 Å². The molecule has 0 unspecified atom stereocenters. The fourth-order valence-electron chi connectivity index (χ4n) is 1.81. The predicted molar refractivity (Wildman–Crippen MR) is 67.5 cm³/mol. The summed E-state index contributed by atoms with van der Waals surface area (Å²) in [4.78, 5) is 4.37. The number of benzene rings is 1. The third-order valence-corrected chi connectivity index (χ3v) is 2.76. The Balaban J connectivity index is 1.89. The zero-order valence-corrected chi connectivity index (χ0v) is 9.82. The van der Waals surface area contributed by atoms with Crippen molar-refractivity contribution in [2.24, 2.45) is 0 Å². The molecule has 0 saturated heterocycles. The molecule has 86 valence electrons. The Bertz CT molecular complexity index is 433. The molecule has 2 rings (SSSR count). The van der Waals surface area contributed by atoms with Gasteiger partial charge in [-0.15, -0.1) is 0 Å². The number of nitrogens with one attached hydrogen (secondary N) is 1. The summed E-state index contributed by atoms with van der Waals surface area (Å²) in [6, 6.07) is 8.26. The standard InChI is InChI=1S/C13H19N3/c1-2-3-8-14-9-10-16-11-15-12-6-4-5-7-13(12)16/h4-7,11,14H,2-3,8-10H2,1H3. The van der Waals surface area contributed by atoms with Gasteiger partial charge in [0, 0.05) is 13.1 Å². The van der Waals surface area contributed by atoms with E-state index in [1.165, 1.54) is 18.4 Å². The van der Waals surface area contributed by atoms with E-state index in [-0.39, 0.29) is 0 Å². The van der Waals surface area contributed by atoms with Gasteiger partial charge in [-0.25, -0.2) is 4.98 Å². The minimum absolute atomic E-state index is 0.990. The van der Waals surface area contributed by atoms with Crippen molar-refractivity contribution < 1.29 is 0 Å². The van der Waals surface area contributed by atoms with Gasteiger partial charge in [0.1, 0.15) is 0 Å². The van der Waals surface area contributed by atoms with Gasteiger partial charge in [-0.3, -0.25) is 0 Å². The van der Waals surface area contributed by atoms with Gasteiger partial charge in [-0.2, -0.15) is 0 Å². The topological polar surface area (TPSA) is 29.9 Å². The maximum atomic E-state index is 4.37. The lowest BCUT2D eigenvalue weighted by Crippen LogP contribution is -2.20. The Morgan fingerprint density at radius 3 is 3.00 bits per heavy atom. The minimum Gasteiger partial charge on any atom is -0.329 e. The van der Waals surface area contributed by atoms with Gasteiger partial charge < -0.3 is 9.88 Å². The van der Waals surface area contributed by atoms with Crippen LogP contribution in [-0.4, -0.2) is 22.6 Å². The molecule has 1 heterocycles. The van der Waals surface area contributed by atoms with Crippen molar-refractivity contribution in [3.8, 4) is 0 Å². The second kappa shape index (κ2) is 5.66. The maximum Gasteiger partial charge on any atom is 0.0958 e. The van der Waals surface area contributed by atoms with Crippen LogP contribution >= 0.6 is 0 Å². The van der Waals surface area contributed by atoms with E-state index in [0.29, 0.717) is 0 Å². The lowest BCUT2D eigenvalue weighted by atomic mass is 10.3. The van der Waals surface area contributed by atoms with E-state index in [1.807, 2.05) is 12.4 Å². The third-order valence-electron chi connectivity index (χ3n) is 2.76. The van der Waals surface area contributed by atoms with E-state index >= 15 is 0 Å². The van der Waals surface area contributed by atoms with E-state index < -0.39 is 0 Å². The average molecular weight is 217 g/mol. The number of imidazole rings is 1. The quantitative estimate of drug-likeness (QED) is 0.753. The number of hydrogen-bond donors (Lipinski definition) is 1. The number of para-hydroxylation sites is 2. The molecule has 0 aliphatic heterocycles. The Morgan fingerprint density at radius 2 is 2.12 bits per heavy atom. The van der Waals surface area contributed by atoms with Crippen LogP contribution in [0.5, 0.6) is 0 Å². The van der Waals surface area contributed by atoms with Crippen LogP contribution in [0.15, 0.2) is 30.6 Å². The van der Waals surface area contributed by atoms with Crippen LogP contribution in [0.25, 0.3) is 11.0 Å². The number of aromatic nitrogens is 2. The first kappa shape index (κ1) is 11.1. The van der Waals surface area contributed by atoms with E-state index in [4.69, 9.17) is 0 Å². The van der Waals surface area contributed by atoms with E-state index in [1.54, 1.807) is 0 Å². The van der Waals surface area contributed by atoms with Gasteiger partial charge in [-0.1, -0.05) is 25.5 Å². The summed E-state index contributed by atoms with van der Waals surface area (Å²) in [6.45, 7) is 5.33. The van der Waals surface area contributed by atoms with E-state index in [0.717, 1.165) is 25.2 Å². The molecule has 1 aromatic carbocycles. The van der Waals surface area contributed by atoms with Crippen LogP contribution in [0.1, 0.15) is 19.8 Å². The van der Waals surface area contributed by atoms with Gasteiger partial charge in [0.2, 0.25) is 0 Å². The molecule has 0 radical (unpaired) electrons. The second-order valence-electron chi connectivity index (χ2n) is 4.03. The Kier molecular flexibility index (Phi) is 3.94. The molecular formula is C13H19N3. The van der Waals surface area contributed by atoms with E-state index in [2.05, 4.69) is 40.0 Å². The van der Waals surface area contributed by atoms with Crippen molar-refractivity contribution in [3.05, 3.63) is 30.6 Å². The largest absolute Gasteiger partial charge is 0.329 e. The summed E-state index contributed by atoms with van der Waals surface area (Å²) < 4.78 is 2.20. The first-order chi connectivity index (χ1) is 7.92. The molecule has 0 bridgehead atoms. The van der Waals surface area contributed by atoms with Gasteiger partial charge >= 0.3 is 0 Å². The fourth-order valence-corrected chi connectivity index (χ4v) is 1.81. The van der Waals surface area contributed by atoms with Gasteiger partial charge in [0.05, 0.1) is 17.4 Å². The van der Waals surface area contributed by atoms with Crippen molar-refractivity contribution in [3.63, 3.8) is 0 Å². The third kappa shape index (κ3) is 2.61. The molecule has 0 fully saturated rings. The molecule has 3 heteroatoms. The number of rotatable bonds is 6. The van der Waals surface area contributed by atoms with Crippen LogP contribution in [0.3, 0.4) is 0 Å². The monoisotopic (exact) mass is 217 g/mol. The van der Waals surface area contributed by atoms with Crippen molar-refractivity contribution in [2.75, 3.05) is 13.1 Å². The molecule has 0 aliphatic carbocycles.